The Morgan fingerprint density at radius 3 is 2.46 bits per heavy atom. The summed E-state index contributed by atoms with van der Waals surface area (Å²) < 4.78 is 55.4. The van der Waals surface area contributed by atoms with Gasteiger partial charge in [-0.2, -0.15) is 18.7 Å². The first kappa shape index (κ1) is 30.2. The van der Waals surface area contributed by atoms with Crippen LogP contribution in [0.1, 0.15) is 51.9 Å². The van der Waals surface area contributed by atoms with Crippen LogP contribution >= 0.6 is 23.2 Å². The number of amides is 1. The standard InChI is InChI=1S/C23H33Cl2F3N2O7/c1-2-34-22(33)17-19(29-18(31)12-4-3-5-13(10-12)23(26,27)28)37-30-20(17)35-8-9-36-21(32)15-7-6-14(24)11-16(15)25/h12-17,19-20,30H,2-11H2,1H3,(H,29,31). The molecule has 3 aliphatic rings. The highest BCUT2D eigenvalue weighted by Gasteiger charge is 2.48. The van der Waals surface area contributed by atoms with Crippen LogP contribution in [0.4, 0.5) is 13.2 Å². The summed E-state index contributed by atoms with van der Waals surface area (Å²) in [7, 11) is 0. The van der Waals surface area contributed by atoms with Crippen molar-refractivity contribution in [1.82, 2.24) is 10.8 Å². The number of alkyl halides is 5. The molecule has 0 aromatic heterocycles. The number of rotatable bonds is 9. The molecule has 2 N–H and O–H groups in total. The van der Waals surface area contributed by atoms with Crippen LogP contribution in [0.3, 0.4) is 0 Å². The molecule has 212 valence electrons. The summed E-state index contributed by atoms with van der Waals surface area (Å²) in [6.07, 6.45) is -4.69. The Labute approximate surface area is 223 Å². The van der Waals surface area contributed by atoms with E-state index in [4.69, 9.17) is 42.3 Å². The van der Waals surface area contributed by atoms with E-state index in [0.717, 1.165) is 0 Å². The lowest BCUT2D eigenvalue weighted by Crippen LogP contribution is -2.48. The van der Waals surface area contributed by atoms with E-state index in [9.17, 15) is 27.6 Å². The van der Waals surface area contributed by atoms with Crippen LogP contribution in [0.5, 0.6) is 0 Å². The van der Waals surface area contributed by atoms with Crippen molar-refractivity contribution < 1.29 is 46.6 Å². The first-order valence-electron chi connectivity index (χ1n) is 12.5. The van der Waals surface area contributed by atoms with E-state index < -0.39 is 65.5 Å². The smallest absolute Gasteiger partial charge is 0.391 e. The maximum absolute atomic E-state index is 13.1. The SMILES string of the molecule is CCOC(=O)C1C(OCCOC(=O)C2CCC(Cl)CC2Cl)NOC1NC(=O)C1CCCC(C(F)(F)F)C1. The second kappa shape index (κ2) is 13.6. The highest BCUT2D eigenvalue weighted by atomic mass is 35.5. The third-order valence-electron chi connectivity index (χ3n) is 6.95. The van der Waals surface area contributed by atoms with Gasteiger partial charge in [0.1, 0.15) is 18.8 Å². The monoisotopic (exact) mass is 576 g/mol. The van der Waals surface area contributed by atoms with Gasteiger partial charge in [-0.3, -0.25) is 19.2 Å². The topological polar surface area (TPSA) is 112 Å². The van der Waals surface area contributed by atoms with Crippen LogP contribution in [-0.2, 0) is 33.4 Å². The predicted molar refractivity (Wildman–Crippen MR) is 125 cm³/mol. The quantitative estimate of drug-likeness (QED) is 0.244. The van der Waals surface area contributed by atoms with E-state index in [0.29, 0.717) is 25.7 Å². The molecule has 8 atom stereocenters. The second-order valence-electron chi connectivity index (χ2n) is 9.54. The number of hydroxylamine groups is 1. The van der Waals surface area contributed by atoms with Gasteiger partial charge in [0.05, 0.1) is 25.0 Å². The molecule has 1 amide bonds. The van der Waals surface area contributed by atoms with Gasteiger partial charge in [-0.15, -0.1) is 23.2 Å². The lowest BCUT2D eigenvalue weighted by Gasteiger charge is -2.30. The second-order valence-corrected chi connectivity index (χ2v) is 10.7. The minimum Gasteiger partial charge on any atom is -0.466 e. The van der Waals surface area contributed by atoms with Crippen molar-refractivity contribution in [3.8, 4) is 0 Å². The molecule has 3 fully saturated rings. The minimum atomic E-state index is -4.37. The molecule has 2 saturated carbocycles. The Morgan fingerprint density at radius 1 is 1.03 bits per heavy atom. The van der Waals surface area contributed by atoms with Crippen LogP contribution in [0.2, 0.25) is 0 Å². The summed E-state index contributed by atoms with van der Waals surface area (Å²) >= 11 is 12.3. The molecule has 8 unspecified atom stereocenters. The van der Waals surface area contributed by atoms with Crippen molar-refractivity contribution in [3.05, 3.63) is 0 Å². The average Bonchev–Trinajstić information content (AvgIpc) is 3.23. The number of hydrogen-bond acceptors (Lipinski definition) is 8. The molecule has 37 heavy (non-hydrogen) atoms. The molecule has 0 aromatic rings. The molecule has 0 aromatic carbocycles. The van der Waals surface area contributed by atoms with E-state index in [1.807, 2.05) is 0 Å². The van der Waals surface area contributed by atoms with Crippen molar-refractivity contribution in [2.24, 2.45) is 23.7 Å². The van der Waals surface area contributed by atoms with Gasteiger partial charge in [0.15, 0.2) is 6.23 Å². The number of nitrogens with one attached hydrogen (secondary N) is 2. The summed E-state index contributed by atoms with van der Waals surface area (Å²) in [6.45, 7) is 1.44. The zero-order valence-electron chi connectivity index (χ0n) is 20.4. The van der Waals surface area contributed by atoms with Crippen molar-refractivity contribution in [2.45, 2.75) is 81.3 Å². The molecule has 2 aliphatic carbocycles. The van der Waals surface area contributed by atoms with Gasteiger partial charge in [-0.05, 0) is 45.4 Å². The molecular weight excluding hydrogens is 544 g/mol. The number of halogens is 5. The van der Waals surface area contributed by atoms with Crippen LogP contribution in [0.15, 0.2) is 0 Å². The highest BCUT2D eigenvalue weighted by molar-refractivity contribution is 6.24. The number of esters is 2. The maximum atomic E-state index is 13.1. The Morgan fingerprint density at radius 2 is 1.78 bits per heavy atom. The predicted octanol–water partition coefficient (Wildman–Crippen LogP) is 3.41. The fraction of sp³-hybridized carbons (Fsp3) is 0.870. The first-order valence-corrected chi connectivity index (χ1v) is 13.4. The molecule has 0 bridgehead atoms. The van der Waals surface area contributed by atoms with E-state index in [1.165, 1.54) is 0 Å². The van der Waals surface area contributed by atoms with Crippen molar-refractivity contribution in [3.63, 3.8) is 0 Å². The Hall–Kier alpha value is -1.34. The zero-order chi connectivity index (χ0) is 27.2. The summed E-state index contributed by atoms with van der Waals surface area (Å²) in [5.74, 6) is -5.81. The lowest BCUT2D eigenvalue weighted by atomic mass is 9.80. The van der Waals surface area contributed by atoms with E-state index in [2.05, 4.69) is 10.8 Å². The fourth-order valence-corrected chi connectivity index (χ4v) is 5.78. The van der Waals surface area contributed by atoms with E-state index in [-0.39, 0.29) is 44.5 Å². The Kier molecular flexibility index (Phi) is 11.1. The Bertz CT molecular complexity index is 807. The summed E-state index contributed by atoms with van der Waals surface area (Å²) in [6, 6.07) is 0. The van der Waals surface area contributed by atoms with Gasteiger partial charge >= 0.3 is 18.1 Å². The molecule has 0 spiro atoms. The van der Waals surface area contributed by atoms with Crippen LogP contribution in [0, 0.1) is 23.7 Å². The summed E-state index contributed by atoms with van der Waals surface area (Å²) in [4.78, 5) is 43.0. The number of carbonyl (C=O) groups is 3. The number of ether oxygens (including phenoxy) is 3. The van der Waals surface area contributed by atoms with Gasteiger partial charge in [0, 0.05) is 16.7 Å². The van der Waals surface area contributed by atoms with Gasteiger partial charge < -0.3 is 19.5 Å². The van der Waals surface area contributed by atoms with Crippen LogP contribution in [0.25, 0.3) is 0 Å². The van der Waals surface area contributed by atoms with Crippen LogP contribution < -0.4 is 10.8 Å². The summed E-state index contributed by atoms with van der Waals surface area (Å²) in [5.41, 5.74) is 2.51. The fourth-order valence-electron chi connectivity index (χ4n) is 4.93. The Balaban J connectivity index is 1.51. The molecule has 14 heteroatoms. The van der Waals surface area contributed by atoms with E-state index in [1.54, 1.807) is 6.92 Å². The van der Waals surface area contributed by atoms with Gasteiger partial charge in [0.25, 0.3) is 0 Å². The highest BCUT2D eigenvalue weighted by Crippen LogP contribution is 2.40. The minimum absolute atomic E-state index is 0.0137. The van der Waals surface area contributed by atoms with Gasteiger partial charge in [-0.1, -0.05) is 6.42 Å². The first-order chi connectivity index (χ1) is 17.5. The molecule has 1 heterocycles. The van der Waals surface area contributed by atoms with Crippen molar-refractivity contribution >= 4 is 41.0 Å². The maximum Gasteiger partial charge on any atom is 0.391 e. The largest absolute Gasteiger partial charge is 0.466 e. The third kappa shape index (κ3) is 8.32. The number of carbonyl (C=O) groups excluding carboxylic acids is 3. The normalized spacial score (nSPS) is 34.5. The van der Waals surface area contributed by atoms with Gasteiger partial charge in [-0.25, -0.2) is 0 Å². The molecular formula is C23H33Cl2F3N2O7. The lowest BCUT2D eigenvalue weighted by molar-refractivity contribution is -0.186. The molecule has 0 radical (unpaired) electrons. The van der Waals surface area contributed by atoms with Crippen LogP contribution in [-0.4, -0.2) is 67.1 Å². The zero-order valence-corrected chi connectivity index (χ0v) is 21.9. The number of hydrogen-bond donors (Lipinski definition) is 2. The molecule has 9 nitrogen and oxygen atoms in total. The third-order valence-corrected chi connectivity index (χ3v) is 7.83. The van der Waals surface area contributed by atoms with Crippen molar-refractivity contribution in [1.29, 1.82) is 0 Å². The average molecular weight is 577 g/mol. The molecule has 1 aliphatic heterocycles. The molecule has 1 saturated heterocycles. The van der Waals surface area contributed by atoms with Crippen molar-refractivity contribution in [2.75, 3.05) is 19.8 Å². The summed E-state index contributed by atoms with van der Waals surface area (Å²) in [5, 5.41) is 2.03. The molecule has 3 rings (SSSR count). The van der Waals surface area contributed by atoms with E-state index >= 15 is 0 Å². The van der Waals surface area contributed by atoms with Gasteiger partial charge in [0.2, 0.25) is 5.91 Å².